The smallest absolute Gasteiger partial charge is 0.107 e. The molecule has 2 rings (SSSR count). The lowest BCUT2D eigenvalue weighted by Gasteiger charge is -2.25. The Balaban J connectivity index is 2.08. The maximum atomic E-state index is 5.94. The van der Waals surface area contributed by atoms with E-state index in [1.807, 2.05) is 0 Å². The van der Waals surface area contributed by atoms with Crippen LogP contribution in [0.3, 0.4) is 0 Å². The summed E-state index contributed by atoms with van der Waals surface area (Å²) in [6.45, 7) is 7.79. The van der Waals surface area contributed by atoms with Gasteiger partial charge in [0.25, 0.3) is 0 Å². The summed E-state index contributed by atoms with van der Waals surface area (Å²) in [6.07, 6.45) is 2.65. The Morgan fingerprint density at radius 3 is 2.76 bits per heavy atom. The van der Waals surface area contributed by atoms with Crippen molar-refractivity contribution in [2.45, 2.75) is 37.6 Å². The molecule has 0 amide bonds. The number of thioether (sulfide) groups is 1. The molecule has 1 aromatic rings. The average molecular weight is 324 g/mol. The standard InChI is InChI=1S/C16H25N3S2/c1-3-21-14-8-6-7-13(15(14)16(17)20)18-11-12(2)19-9-4-5-10-19/h6-8,12,18H,3-5,9-11H2,1-2H3,(H2,17,20). The van der Waals surface area contributed by atoms with Crippen molar-refractivity contribution < 1.29 is 0 Å². The van der Waals surface area contributed by atoms with Gasteiger partial charge in [0.05, 0.1) is 0 Å². The van der Waals surface area contributed by atoms with Crippen molar-refractivity contribution >= 4 is 34.7 Å². The lowest BCUT2D eigenvalue weighted by molar-refractivity contribution is 0.269. The summed E-state index contributed by atoms with van der Waals surface area (Å²) < 4.78 is 0. The maximum absolute atomic E-state index is 5.94. The summed E-state index contributed by atoms with van der Waals surface area (Å²) in [5, 5.41) is 3.55. The fourth-order valence-electron chi connectivity index (χ4n) is 2.78. The molecule has 21 heavy (non-hydrogen) atoms. The molecule has 0 aliphatic carbocycles. The molecular formula is C16H25N3S2. The largest absolute Gasteiger partial charge is 0.389 e. The Bertz CT molecular complexity index is 484. The predicted octanol–water partition coefficient (Wildman–Crippen LogP) is 3.33. The highest BCUT2D eigenvalue weighted by atomic mass is 32.2. The number of likely N-dealkylation sites (tertiary alicyclic amines) is 1. The molecule has 1 fully saturated rings. The van der Waals surface area contributed by atoms with E-state index >= 15 is 0 Å². The molecule has 0 saturated carbocycles. The van der Waals surface area contributed by atoms with Crippen LogP contribution in [0.5, 0.6) is 0 Å². The Hall–Kier alpha value is -0.780. The van der Waals surface area contributed by atoms with E-state index in [1.54, 1.807) is 11.8 Å². The zero-order valence-corrected chi connectivity index (χ0v) is 14.5. The molecule has 1 unspecified atom stereocenters. The van der Waals surface area contributed by atoms with Crippen LogP contribution < -0.4 is 11.1 Å². The van der Waals surface area contributed by atoms with Gasteiger partial charge in [-0.1, -0.05) is 25.2 Å². The number of hydrogen-bond acceptors (Lipinski definition) is 4. The lowest BCUT2D eigenvalue weighted by Crippen LogP contribution is -2.35. The molecule has 1 heterocycles. The second kappa shape index (κ2) is 8.01. The number of benzene rings is 1. The average Bonchev–Trinajstić information content (AvgIpc) is 2.99. The number of rotatable bonds is 7. The monoisotopic (exact) mass is 323 g/mol. The molecule has 5 heteroatoms. The van der Waals surface area contributed by atoms with Gasteiger partial charge in [0.1, 0.15) is 4.99 Å². The maximum Gasteiger partial charge on any atom is 0.107 e. The quantitative estimate of drug-likeness (QED) is 0.595. The van der Waals surface area contributed by atoms with Crippen molar-refractivity contribution in [2.24, 2.45) is 5.73 Å². The molecule has 1 saturated heterocycles. The summed E-state index contributed by atoms with van der Waals surface area (Å²) in [5.74, 6) is 1.02. The van der Waals surface area contributed by atoms with Crippen LogP contribution in [0.1, 0.15) is 32.3 Å². The van der Waals surface area contributed by atoms with Crippen molar-refractivity contribution in [3.63, 3.8) is 0 Å². The van der Waals surface area contributed by atoms with Crippen molar-refractivity contribution in [1.82, 2.24) is 4.90 Å². The van der Waals surface area contributed by atoms with Gasteiger partial charge < -0.3 is 11.1 Å². The summed E-state index contributed by atoms with van der Waals surface area (Å²) in [6, 6.07) is 6.78. The van der Waals surface area contributed by atoms with Gasteiger partial charge in [-0.05, 0) is 50.7 Å². The molecule has 0 radical (unpaired) electrons. The molecule has 0 aromatic heterocycles. The molecule has 1 aliphatic heterocycles. The van der Waals surface area contributed by atoms with Crippen LogP contribution in [0.25, 0.3) is 0 Å². The SMILES string of the molecule is CCSc1cccc(NCC(C)N2CCCC2)c1C(N)=S. The van der Waals surface area contributed by atoms with Gasteiger partial charge in [-0.25, -0.2) is 0 Å². The summed E-state index contributed by atoms with van der Waals surface area (Å²) in [5.41, 5.74) is 8.00. The molecule has 1 aromatic carbocycles. The zero-order chi connectivity index (χ0) is 15.2. The van der Waals surface area contributed by atoms with Gasteiger partial charge in [-0.3, -0.25) is 4.90 Å². The van der Waals surface area contributed by atoms with Gasteiger partial charge >= 0.3 is 0 Å². The van der Waals surface area contributed by atoms with Crippen molar-refractivity contribution in [1.29, 1.82) is 0 Å². The number of anilines is 1. The second-order valence-electron chi connectivity index (χ2n) is 5.45. The topological polar surface area (TPSA) is 41.3 Å². The van der Waals surface area contributed by atoms with Crippen LogP contribution in [0.15, 0.2) is 23.1 Å². The van der Waals surface area contributed by atoms with Gasteiger partial charge in [0, 0.05) is 28.7 Å². The molecule has 1 atom stereocenters. The summed E-state index contributed by atoms with van der Waals surface area (Å²) in [7, 11) is 0. The van der Waals surface area contributed by atoms with E-state index in [-0.39, 0.29) is 0 Å². The van der Waals surface area contributed by atoms with Crippen LogP contribution >= 0.6 is 24.0 Å². The predicted molar refractivity (Wildman–Crippen MR) is 97.5 cm³/mol. The fourth-order valence-corrected chi connectivity index (χ4v) is 3.91. The third kappa shape index (κ3) is 4.34. The zero-order valence-electron chi connectivity index (χ0n) is 12.9. The van der Waals surface area contributed by atoms with Gasteiger partial charge in [0.15, 0.2) is 0 Å². The van der Waals surface area contributed by atoms with Crippen LogP contribution in [0.4, 0.5) is 5.69 Å². The molecule has 3 nitrogen and oxygen atoms in total. The first kappa shape index (κ1) is 16.6. The molecule has 1 aliphatic rings. The third-order valence-electron chi connectivity index (χ3n) is 3.92. The molecular weight excluding hydrogens is 298 g/mol. The Morgan fingerprint density at radius 2 is 2.14 bits per heavy atom. The Morgan fingerprint density at radius 1 is 1.43 bits per heavy atom. The van der Waals surface area contributed by atoms with Crippen LogP contribution in [-0.2, 0) is 0 Å². The first-order chi connectivity index (χ1) is 10.1. The number of nitrogens with zero attached hydrogens (tertiary/aromatic N) is 1. The minimum Gasteiger partial charge on any atom is -0.389 e. The molecule has 116 valence electrons. The highest BCUT2D eigenvalue weighted by Gasteiger charge is 2.18. The van der Waals surface area contributed by atoms with Gasteiger partial charge in [-0.2, -0.15) is 0 Å². The van der Waals surface area contributed by atoms with Gasteiger partial charge in [-0.15, -0.1) is 11.8 Å². The molecule has 3 N–H and O–H groups in total. The van der Waals surface area contributed by atoms with Crippen molar-refractivity contribution in [3.05, 3.63) is 23.8 Å². The highest BCUT2D eigenvalue weighted by Crippen LogP contribution is 2.28. The van der Waals surface area contributed by atoms with Crippen molar-refractivity contribution in [2.75, 3.05) is 30.7 Å². The summed E-state index contributed by atoms with van der Waals surface area (Å²) >= 11 is 7.04. The molecule has 0 spiro atoms. The second-order valence-corrected chi connectivity index (χ2v) is 7.19. The third-order valence-corrected chi connectivity index (χ3v) is 5.07. The van der Waals surface area contributed by atoms with E-state index in [0.29, 0.717) is 11.0 Å². The Kier molecular flexibility index (Phi) is 6.33. The van der Waals surface area contributed by atoms with Crippen LogP contribution in [-0.4, -0.2) is 41.3 Å². The first-order valence-electron chi connectivity index (χ1n) is 7.67. The van der Waals surface area contributed by atoms with E-state index in [9.17, 15) is 0 Å². The van der Waals surface area contributed by atoms with Crippen LogP contribution in [0, 0.1) is 0 Å². The van der Waals surface area contributed by atoms with Crippen LogP contribution in [0.2, 0.25) is 0 Å². The Labute approximate surface area is 137 Å². The number of nitrogens with two attached hydrogens (primary N) is 1. The lowest BCUT2D eigenvalue weighted by atomic mass is 10.1. The molecule has 0 bridgehead atoms. The minimum absolute atomic E-state index is 0.475. The van der Waals surface area contributed by atoms with Crippen molar-refractivity contribution in [3.8, 4) is 0 Å². The normalized spacial score (nSPS) is 16.9. The van der Waals surface area contributed by atoms with E-state index in [1.165, 1.54) is 30.8 Å². The van der Waals surface area contributed by atoms with E-state index in [2.05, 4.69) is 42.3 Å². The number of thiocarbonyl (C=S) groups is 1. The first-order valence-corrected chi connectivity index (χ1v) is 9.06. The van der Waals surface area contributed by atoms with E-state index in [0.717, 1.165) is 23.5 Å². The van der Waals surface area contributed by atoms with E-state index in [4.69, 9.17) is 18.0 Å². The van der Waals surface area contributed by atoms with E-state index < -0.39 is 0 Å². The van der Waals surface area contributed by atoms with Gasteiger partial charge in [0.2, 0.25) is 0 Å². The number of hydrogen-bond donors (Lipinski definition) is 2. The minimum atomic E-state index is 0.475. The fraction of sp³-hybridized carbons (Fsp3) is 0.562. The number of nitrogens with one attached hydrogen (secondary N) is 1. The summed E-state index contributed by atoms with van der Waals surface area (Å²) in [4.78, 5) is 4.18. The highest BCUT2D eigenvalue weighted by molar-refractivity contribution is 7.99.